The maximum absolute atomic E-state index is 10.8. The van der Waals surface area contributed by atoms with E-state index in [2.05, 4.69) is 15.9 Å². The molecule has 4 nitrogen and oxygen atoms in total. The number of carboxylic acids is 1. The highest BCUT2D eigenvalue weighted by Gasteiger charge is 2.15. The van der Waals surface area contributed by atoms with E-state index in [1.807, 2.05) is 23.9 Å². The molecule has 5 heteroatoms. The summed E-state index contributed by atoms with van der Waals surface area (Å²) in [7, 11) is 1.93. The Balaban J connectivity index is 2.60. The van der Waals surface area contributed by atoms with Crippen molar-refractivity contribution in [2.75, 3.05) is 0 Å². The SMILES string of the molecule is Cn1cc(Br)c2cc(C(N)C(=O)O)ccc21. The summed E-state index contributed by atoms with van der Waals surface area (Å²) in [4.78, 5) is 10.8. The summed E-state index contributed by atoms with van der Waals surface area (Å²) < 4.78 is 2.90. The smallest absolute Gasteiger partial charge is 0.325 e. The number of hydrogen-bond acceptors (Lipinski definition) is 2. The summed E-state index contributed by atoms with van der Waals surface area (Å²) in [5.41, 5.74) is 7.20. The molecule has 0 saturated heterocycles. The number of nitrogens with zero attached hydrogens (tertiary/aromatic N) is 1. The Morgan fingerprint density at radius 1 is 1.56 bits per heavy atom. The summed E-state index contributed by atoms with van der Waals surface area (Å²) in [6.07, 6.45) is 1.93. The molecule has 1 aromatic heterocycles. The lowest BCUT2D eigenvalue weighted by Gasteiger charge is -2.07. The number of nitrogens with two attached hydrogens (primary N) is 1. The van der Waals surface area contributed by atoms with E-state index in [4.69, 9.17) is 10.8 Å². The average molecular weight is 283 g/mol. The fraction of sp³-hybridized carbons (Fsp3) is 0.182. The van der Waals surface area contributed by atoms with Crippen LogP contribution in [0.1, 0.15) is 11.6 Å². The van der Waals surface area contributed by atoms with E-state index in [0.717, 1.165) is 15.4 Å². The molecule has 1 heterocycles. The van der Waals surface area contributed by atoms with Crippen LogP contribution in [0.3, 0.4) is 0 Å². The second-order valence-electron chi connectivity index (χ2n) is 3.68. The van der Waals surface area contributed by atoms with Crippen LogP contribution in [0, 0.1) is 0 Å². The van der Waals surface area contributed by atoms with Gasteiger partial charge in [0.1, 0.15) is 6.04 Å². The second-order valence-corrected chi connectivity index (χ2v) is 4.53. The highest BCUT2D eigenvalue weighted by atomic mass is 79.9. The van der Waals surface area contributed by atoms with Gasteiger partial charge in [0.05, 0.1) is 0 Å². The van der Waals surface area contributed by atoms with Gasteiger partial charge >= 0.3 is 5.97 Å². The third kappa shape index (κ3) is 1.72. The lowest BCUT2D eigenvalue weighted by molar-refractivity contribution is -0.138. The summed E-state index contributed by atoms with van der Waals surface area (Å²) in [6.45, 7) is 0. The number of fused-ring (bicyclic) bond motifs is 1. The van der Waals surface area contributed by atoms with Gasteiger partial charge < -0.3 is 15.4 Å². The van der Waals surface area contributed by atoms with Gasteiger partial charge in [-0.05, 0) is 33.6 Å². The van der Waals surface area contributed by atoms with E-state index in [0.29, 0.717) is 5.56 Å². The monoisotopic (exact) mass is 282 g/mol. The third-order valence-electron chi connectivity index (χ3n) is 2.59. The third-order valence-corrected chi connectivity index (χ3v) is 3.22. The normalized spacial score (nSPS) is 12.9. The van der Waals surface area contributed by atoms with Crippen molar-refractivity contribution in [3.8, 4) is 0 Å². The first-order chi connectivity index (χ1) is 7.50. The molecule has 0 radical (unpaired) electrons. The van der Waals surface area contributed by atoms with Gasteiger partial charge in [0, 0.05) is 28.6 Å². The highest BCUT2D eigenvalue weighted by molar-refractivity contribution is 9.10. The molecule has 2 aromatic rings. The molecule has 0 amide bonds. The largest absolute Gasteiger partial charge is 0.480 e. The number of aryl methyl sites for hydroxylation is 1. The maximum Gasteiger partial charge on any atom is 0.325 e. The van der Waals surface area contributed by atoms with Gasteiger partial charge in [-0.3, -0.25) is 4.79 Å². The molecule has 84 valence electrons. The van der Waals surface area contributed by atoms with Crippen LogP contribution in [0.4, 0.5) is 0 Å². The van der Waals surface area contributed by atoms with E-state index >= 15 is 0 Å². The van der Waals surface area contributed by atoms with E-state index < -0.39 is 12.0 Å². The van der Waals surface area contributed by atoms with Crippen LogP contribution in [0.25, 0.3) is 10.9 Å². The minimum Gasteiger partial charge on any atom is -0.480 e. The average Bonchev–Trinajstić information content (AvgIpc) is 2.53. The molecule has 3 N–H and O–H groups in total. The van der Waals surface area contributed by atoms with Crippen LogP contribution in [0.15, 0.2) is 28.9 Å². The Bertz CT molecular complexity index is 562. The number of aromatic nitrogens is 1. The Morgan fingerprint density at radius 2 is 2.25 bits per heavy atom. The van der Waals surface area contributed by atoms with Crippen LogP contribution in [-0.2, 0) is 11.8 Å². The Morgan fingerprint density at radius 3 is 2.88 bits per heavy atom. The van der Waals surface area contributed by atoms with Crippen LogP contribution in [0.2, 0.25) is 0 Å². The van der Waals surface area contributed by atoms with Crippen LogP contribution in [0.5, 0.6) is 0 Å². The Kier molecular flexibility index (Phi) is 2.73. The molecule has 0 spiro atoms. The molecule has 2 rings (SSSR count). The minimum absolute atomic E-state index is 0.604. The number of carbonyl (C=O) groups is 1. The number of rotatable bonds is 2. The number of aliphatic carboxylic acids is 1. The molecule has 0 aliphatic carbocycles. The van der Waals surface area contributed by atoms with Gasteiger partial charge in [0.2, 0.25) is 0 Å². The highest BCUT2D eigenvalue weighted by Crippen LogP contribution is 2.27. The molecule has 0 aliphatic heterocycles. The topological polar surface area (TPSA) is 68.2 Å². The fourth-order valence-corrected chi connectivity index (χ4v) is 2.32. The van der Waals surface area contributed by atoms with Crippen molar-refractivity contribution in [2.45, 2.75) is 6.04 Å². The molecule has 0 fully saturated rings. The standard InChI is InChI=1S/C11H11BrN2O2/c1-14-5-8(12)7-4-6(2-3-9(7)14)10(13)11(15)16/h2-5,10H,13H2,1H3,(H,15,16). The Labute approximate surface area is 101 Å². The van der Waals surface area contributed by atoms with Crippen molar-refractivity contribution >= 4 is 32.8 Å². The lowest BCUT2D eigenvalue weighted by Crippen LogP contribution is -2.20. The summed E-state index contributed by atoms with van der Waals surface area (Å²) in [6, 6.07) is 4.45. The molecule has 1 atom stereocenters. The number of benzene rings is 1. The predicted molar refractivity (Wildman–Crippen MR) is 65.2 cm³/mol. The zero-order valence-corrected chi connectivity index (χ0v) is 10.2. The van der Waals surface area contributed by atoms with Gasteiger partial charge in [-0.15, -0.1) is 0 Å². The van der Waals surface area contributed by atoms with Gasteiger partial charge in [0.15, 0.2) is 0 Å². The van der Waals surface area contributed by atoms with Gasteiger partial charge in [-0.25, -0.2) is 0 Å². The Hall–Kier alpha value is -1.33. The van der Waals surface area contributed by atoms with E-state index in [1.54, 1.807) is 12.1 Å². The summed E-state index contributed by atoms with van der Waals surface area (Å²) >= 11 is 3.43. The molecular formula is C11H11BrN2O2. The van der Waals surface area contributed by atoms with Gasteiger partial charge in [0.25, 0.3) is 0 Å². The molecule has 0 bridgehead atoms. The lowest BCUT2D eigenvalue weighted by atomic mass is 10.1. The zero-order chi connectivity index (χ0) is 11.9. The van der Waals surface area contributed by atoms with Gasteiger partial charge in [-0.1, -0.05) is 6.07 Å². The molecule has 1 unspecified atom stereocenters. The van der Waals surface area contributed by atoms with Crippen molar-refractivity contribution in [3.05, 3.63) is 34.4 Å². The van der Waals surface area contributed by atoms with Crippen LogP contribution in [-0.4, -0.2) is 15.6 Å². The number of carboxylic acid groups (broad SMARTS) is 1. The summed E-state index contributed by atoms with van der Waals surface area (Å²) in [5, 5.41) is 9.81. The molecule has 1 aromatic carbocycles. The quantitative estimate of drug-likeness (QED) is 0.886. The van der Waals surface area contributed by atoms with Crippen molar-refractivity contribution < 1.29 is 9.90 Å². The van der Waals surface area contributed by atoms with Gasteiger partial charge in [-0.2, -0.15) is 0 Å². The molecular weight excluding hydrogens is 272 g/mol. The first-order valence-corrected chi connectivity index (χ1v) is 5.53. The molecule has 16 heavy (non-hydrogen) atoms. The first-order valence-electron chi connectivity index (χ1n) is 4.73. The van der Waals surface area contributed by atoms with Crippen molar-refractivity contribution in [2.24, 2.45) is 12.8 Å². The van der Waals surface area contributed by atoms with Crippen LogP contribution < -0.4 is 5.73 Å². The predicted octanol–water partition coefficient (Wildman–Crippen LogP) is 2.03. The van der Waals surface area contributed by atoms with E-state index in [1.165, 1.54) is 0 Å². The zero-order valence-electron chi connectivity index (χ0n) is 8.64. The fourth-order valence-electron chi connectivity index (χ4n) is 1.70. The summed E-state index contributed by atoms with van der Waals surface area (Å²) in [5.74, 6) is -1.02. The van der Waals surface area contributed by atoms with Crippen molar-refractivity contribution in [1.82, 2.24) is 4.57 Å². The first kappa shape index (κ1) is 11.2. The maximum atomic E-state index is 10.8. The van der Waals surface area contributed by atoms with E-state index in [-0.39, 0.29) is 0 Å². The van der Waals surface area contributed by atoms with E-state index in [9.17, 15) is 4.79 Å². The van der Waals surface area contributed by atoms with Crippen LogP contribution >= 0.6 is 15.9 Å². The molecule has 0 aliphatic rings. The second kappa shape index (κ2) is 3.92. The molecule has 0 saturated carbocycles. The minimum atomic E-state index is -1.02. The van der Waals surface area contributed by atoms with Crippen molar-refractivity contribution in [3.63, 3.8) is 0 Å². The van der Waals surface area contributed by atoms with Crippen molar-refractivity contribution in [1.29, 1.82) is 0 Å². The number of halogens is 1. The number of hydrogen-bond donors (Lipinski definition) is 2.